The lowest BCUT2D eigenvalue weighted by Crippen LogP contribution is -2.28. The maximum Gasteiger partial charge on any atom is 0.146 e. The van der Waals surface area contributed by atoms with Crippen molar-refractivity contribution in [1.82, 2.24) is 5.32 Å². The van der Waals surface area contributed by atoms with Crippen LogP contribution in [0.1, 0.15) is 30.9 Å². The largest absolute Gasteiger partial charge is 0.491 e. The van der Waals surface area contributed by atoms with Crippen molar-refractivity contribution >= 4 is 5.69 Å². The van der Waals surface area contributed by atoms with Gasteiger partial charge in [-0.1, -0.05) is 12.1 Å². The second kappa shape index (κ2) is 3.42. The molecule has 3 nitrogen and oxygen atoms in total. The molecule has 1 heterocycles. The van der Waals surface area contributed by atoms with E-state index >= 15 is 0 Å². The summed E-state index contributed by atoms with van der Waals surface area (Å²) in [5, 5.41) is 3.64. The van der Waals surface area contributed by atoms with Gasteiger partial charge in [0.1, 0.15) is 5.75 Å². The van der Waals surface area contributed by atoms with E-state index in [1.807, 2.05) is 12.1 Å². The maximum atomic E-state index is 5.90. The highest BCUT2D eigenvalue weighted by Gasteiger charge is 2.29. The lowest BCUT2D eigenvalue weighted by molar-refractivity contribution is 0.253. The monoisotopic (exact) mass is 204 g/mol. The Balaban J connectivity index is 1.91. The van der Waals surface area contributed by atoms with E-state index in [2.05, 4.69) is 11.4 Å². The number of benzene rings is 1. The van der Waals surface area contributed by atoms with Crippen molar-refractivity contribution in [3.05, 3.63) is 23.8 Å². The Morgan fingerprint density at radius 1 is 1.27 bits per heavy atom. The van der Waals surface area contributed by atoms with E-state index in [0.29, 0.717) is 6.04 Å². The lowest BCUT2D eigenvalue weighted by Gasteiger charge is -2.27. The summed E-state index contributed by atoms with van der Waals surface area (Å²) in [6.45, 7) is 0.769. The smallest absolute Gasteiger partial charge is 0.146 e. The van der Waals surface area contributed by atoms with Gasteiger partial charge in [0, 0.05) is 24.1 Å². The zero-order chi connectivity index (χ0) is 10.3. The predicted molar refractivity (Wildman–Crippen MR) is 59.9 cm³/mol. The molecule has 2 aliphatic rings. The van der Waals surface area contributed by atoms with Crippen molar-refractivity contribution in [2.45, 2.75) is 31.3 Å². The molecule has 1 unspecified atom stereocenters. The maximum absolute atomic E-state index is 5.90. The molecule has 3 rings (SSSR count). The third kappa shape index (κ3) is 1.67. The predicted octanol–water partition coefficient (Wildman–Crippen LogP) is 1.84. The van der Waals surface area contributed by atoms with Crippen LogP contribution >= 0.6 is 0 Å². The number of rotatable bonds is 2. The molecular weight excluding hydrogens is 188 g/mol. The first-order valence-corrected chi connectivity index (χ1v) is 5.62. The molecule has 80 valence electrons. The van der Waals surface area contributed by atoms with E-state index < -0.39 is 0 Å². The summed E-state index contributed by atoms with van der Waals surface area (Å²) in [6, 6.07) is 7.18. The highest BCUT2D eigenvalue weighted by Crippen LogP contribution is 2.37. The van der Waals surface area contributed by atoms with Gasteiger partial charge in [-0.15, -0.1) is 0 Å². The van der Waals surface area contributed by atoms with Crippen molar-refractivity contribution in [2.75, 3.05) is 12.3 Å². The normalized spacial score (nSPS) is 24.4. The molecule has 15 heavy (non-hydrogen) atoms. The van der Waals surface area contributed by atoms with Gasteiger partial charge < -0.3 is 15.8 Å². The minimum atomic E-state index is 0.435. The van der Waals surface area contributed by atoms with Crippen molar-refractivity contribution in [3.8, 4) is 5.75 Å². The molecule has 1 atom stereocenters. The van der Waals surface area contributed by atoms with Crippen LogP contribution in [0.15, 0.2) is 18.2 Å². The molecule has 0 radical (unpaired) electrons. The molecule has 0 amide bonds. The summed E-state index contributed by atoms with van der Waals surface area (Å²) >= 11 is 0. The van der Waals surface area contributed by atoms with Crippen LogP contribution in [0.4, 0.5) is 5.69 Å². The molecule has 3 heteroatoms. The number of fused-ring (bicyclic) bond motifs is 1. The molecule has 1 aromatic rings. The fraction of sp³-hybridized carbons (Fsp3) is 0.500. The SMILES string of the molecule is Nc1cccc2c1OCCC2NC1CC1. The van der Waals surface area contributed by atoms with Crippen LogP contribution in [0.25, 0.3) is 0 Å². The Labute approximate surface area is 89.6 Å². The minimum absolute atomic E-state index is 0.435. The molecule has 0 spiro atoms. The fourth-order valence-electron chi connectivity index (χ4n) is 2.16. The average molecular weight is 204 g/mol. The number of nitrogens with one attached hydrogen (secondary N) is 1. The van der Waals surface area contributed by atoms with Crippen LogP contribution in [0.3, 0.4) is 0 Å². The molecule has 1 aliphatic carbocycles. The van der Waals surface area contributed by atoms with Gasteiger partial charge in [0.15, 0.2) is 0 Å². The summed E-state index contributed by atoms with van der Waals surface area (Å²) in [7, 11) is 0. The van der Waals surface area contributed by atoms with E-state index in [4.69, 9.17) is 10.5 Å². The van der Waals surface area contributed by atoms with Gasteiger partial charge in [0.05, 0.1) is 12.3 Å². The van der Waals surface area contributed by atoms with Crippen molar-refractivity contribution in [1.29, 1.82) is 0 Å². The highest BCUT2D eigenvalue weighted by molar-refractivity contribution is 5.58. The van der Waals surface area contributed by atoms with Crippen LogP contribution in [0.2, 0.25) is 0 Å². The highest BCUT2D eigenvalue weighted by atomic mass is 16.5. The molecule has 0 aromatic heterocycles. The number of para-hydroxylation sites is 1. The number of hydrogen-bond acceptors (Lipinski definition) is 3. The van der Waals surface area contributed by atoms with Gasteiger partial charge in [-0.25, -0.2) is 0 Å². The van der Waals surface area contributed by atoms with Crippen LogP contribution in [-0.4, -0.2) is 12.6 Å². The third-order valence-corrected chi connectivity index (χ3v) is 3.12. The topological polar surface area (TPSA) is 47.3 Å². The quantitative estimate of drug-likeness (QED) is 0.723. The summed E-state index contributed by atoms with van der Waals surface area (Å²) < 4.78 is 5.62. The molecule has 1 saturated carbocycles. The van der Waals surface area contributed by atoms with Gasteiger partial charge in [0.2, 0.25) is 0 Å². The van der Waals surface area contributed by atoms with Gasteiger partial charge in [-0.3, -0.25) is 0 Å². The second-order valence-electron chi connectivity index (χ2n) is 4.40. The van der Waals surface area contributed by atoms with Crippen LogP contribution in [0, 0.1) is 0 Å². The van der Waals surface area contributed by atoms with Gasteiger partial charge >= 0.3 is 0 Å². The first kappa shape index (κ1) is 9.04. The van der Waals surface area contributed by atoms with Crippen LogP contribution in [0.5, 0.6) is 5.75 Å². The Bertz CT molecular complexity index is 374. The van der Waals surface area contributed by atoms with Gasteiger partial charge in [0.25, 0.3) is 0 Å². The minimum Gasteiger partial charge on any atom is -0.491 e. The van der Waals surface area contributed by atoms with Crippen molar-refractivity contribution < 1.29 is 4.74 Å². The number of anilines is 1. The molecule has 0 saturated heterocycles. The Morgan fingerprint density at radius 3 is 2.93 bits per heavy atom. The van der Waals surface area contributed by atoms with Crippen LogP contribution < -0.4 is 15.8 Å². The summed E-state index contributed by atoms with van der Waals surface area (Å²) in [5.41, 5.74) is 7.89. The summed E-state index contributed by atoms with van der Waals surface area (Å²) in [6.07, 6.45) is 3.68. The Hall–Kier alpha value is -1.22. The standard InChI is InChI=1S/C12H16N2O/c13-10-3-1-2-9-11(14-8-4-5-8)6-7-15-12(9)10/h1-3,8,11,14H,4-7,13H2. The molecule has 1 fully saturated rings. The molecular formula is C12H16N2O. The summed E-state index contributed by atoms with van der Waals surface area (Å²) in [5.74, 6) is 0.891. The Kier molecular flexibility index (Phi) is 2.06. The fourth-order valence-corrected chi connectivity index (χ4v) is 2.16. The molecule has 1 aliphatic heterocycles. The van der Waals surface area contributed by atoms with Gasteiger partial charge in [-0.2, -0.15) is 0 Å². The number of nitrogen functional groups attached to an aromatic ring is 1. The van der Waals surface area contributed by atoms with E-state index in [-0.39, 0.29) is 0 Å². The average Bonchev–Trinajstić information content (AvgIpc) is 3.04. The summed E-state index contributed by atoms with van der Waals surface area (Å²) in [4.78, 5) is 0. The van der Waals surface area contributed by atoms with E-state index in [1.165, 1.54) is 18.4 Å². The van der Waals surface area contributed by atoms with Crippen LogP contribution in [-0.2, 0) is 0 Å². The van der Waals surface area contributed by atoms with E-state index in [9.17, 15) is 0 Å². The number of hydrogen-bond donors (Lipinski definition) is 2. The third-order valence-electron chi connectivity index (χ3n) is 3.12. The number of ether oxygens (including phenoxy) is 1. The lowest BCUT2D eigenvalue weighted by atomic mass is 9.99. The zero-order valence-electron chi connectivity index (χ0n) is 8.70. The number of nitrogens with two attached hydrogens (primary N) is 1. The molecule has 0 bridgehead atoms. The van der Waals surface area contributed by atoms with E-state index in [0.717, 1.165) is 30.5 Å². The zero-order valence-corrected chi connectivity index (χ0v) is 8.70. The second-order valence-corrected chi connectivity index (χ2v) is 4.40. The molecule has 1 aromatic carbocycles. The van der Waals surface area contributed by atoms with Crippen molar-refractivity contribution in [3.63, 3.8) is 0 Å². The van der Waals surface area contributed by atoms with Gasteiger partial charge in [-0.05, 0) is 18.9 Å². The first-order chi connectivity index (χ1) is 7.34. The van der Waals surface area contributed by atoms with E-state index in [1.54, 1.807) is 0 Å². The first-order valence-electron chi connectivity index (χ1n) is 5.62. The van der Waals surface area contributed by atoms with Crippen molar-refractivity contribution in [2.24, 2.45) is 0 Å². The Morgan fingerprint density at radius 2 is 2.13 bits per heavy atom. The molecule has 3 N–H and O–H groups in total.